The molecule has 3 nitrogen and oxygen atoms in total. The molecule has 2 aromatic rings. The predicted octanol–water partition coefficient (Wildman–Crippen LogP) is 2.51. The van der Waals surface area contributed by atoms with Crippen LogP contribution in [-0.2, 0) is 4.79 Å². The standard InChI is InChI=1S/C12H8O3S/c13-8-15-12-10(6-7-16-12)11(14)9-4-2-1-3-5-9/h1-8H. The Bertz CT molecular complexity index is 502. The number of carbonyl (C=O) groups is 2. The fourth-order valence-corrected chi connectivity index (χ4v) is 2.05. The van der Waals surface area contributed by atoms with Crippen molar-refractivity contribution in [2.24, 2.45) is 0 Å². The van der Waals surface area contributed by atoms with Crippen molar-refractivity contribution in [2.75, 3.05) is 0 Å². The number of benzene rings is 1. The molecule has 0 saturated heterocycles. The molecule has 2 rings (SSSR count). The Morgan fingerprint density at radius 2 is 1.94 bits per heavy atom. The van der Waals surface area contributed by atoms with Crippen LogP contribution < -0.4 is 4.74 Å². The second-order valence-corrected chi connectivity index (χ2v) is 3.91. The Balaban J connectivity index is 2.34. The molecule has 0 aliphatic heterocycles. The molecule has 1 heterocycles. The molecule has 80 valence electrons. The van der Waals surface area contributed by atoms with Gasteiger partial charge in [0.25, 0.3) is 6.47 Å². The number of hydrogen-bond acceptors (Lipinski definition) is 4. The monoisotopic (exact) mass is 232 g/mol. The molecule has 4 heteroatoms. The van der Waals surface area contributed by atoms with Gasteiger partial charge < -0.3 is 4.74 Å². The molecule has 1 aromatic carbocycles. The minimum absolute atomic E-state index is 0.140. The quantitative estimate of drug-likeness (QED) is 0.601. The van der Waals surface area contributed by atoms with Gasteiger partial charge in [-0.25, -0.2) is 0 Å². The number of rotatable bonds is 4. The van der Waals surface area contributed by atoms with Gasteiger partial charge in [0.05, 0.1) is 5.56 Å². The minimum atomic E-state index is -0.140. The average molecular weight is 232 g/mol. The third kappa shape index (κ3) is 2.01. The van der Waals surface area contributed by atoms with Crippen LogP contribution in [0.25, 0.3) is 0 Å². The summed E-state index contributed by atoms with van der Waals surface area (Å²) in [6, 6.07) is 10.5. The molecule has 0 saturated carbocycles. The van der Waals surface area contributed by atoms with E-state index < -0.39 is 0 Å². The molecule has 0 aliphatic rings. The van der Waals surface area contributed by atoms with Crippen LogP contribution in [0.5, 0.6) is 5.06 Å². The predicted molar refractivity (Wildman–Crippen MR) is 60.9 cm³/mol. The van der Waals surface area contributed by atoms with Crippen LogP contribution in [0.3, 0.4) is 0 Å². The minimum Gasteiger partial charge on any atom is -0.417 e. The van der Waals surface area contributed by atoms with E-state index in [1.807, 2.05) is 6.07 Å². The van der Waals surface area contributed by atoms with Gasteiger partial charge in [0.1, 0.15) is 0 Å². The average Bonchev–Trinajstić information content (AvgIpc) is 2.78. The second-order valence-electron chi connectivity index (χ2n) is 3.03. The summed E-state index contributed by atoms with van der Waals surface area (Å²) in [7, 11) is 0. The molecule has 16 heavy (non-hydrogen) atoms. The fraction of sp³-hybridized carbons (Fsp3) is 0. The van der Waals surface area contributed by atoms with E-state index in [0.717, 1.165) is 0 Å². The first-order valence-corrected chi connectivity index (χ1v) is 5.48. The highest BCUT2D eigenvalue weighted by Gasteiger charge is 2.15. The van der Waals surface area contributed by atoms with Crippen molar-refractivity contribution in [2.45, 2.75) is 0 Å². The topological polar surface area (TPSA) is 43.4 Å². The zero-order valence-electron chi connectivity index (χ0n) is 8.25. The van der Waals surface area contributed by atoms with E-state index in [2.05, 4.69) is 0 Å². The summed E-state index contributed by atoms with van der Waals surface area (Å²) in [5.74, 6) is -0.140. The van der Waals surface area contributed by atoms with E-state index in [1.165, 1.54) is 11.3 Å². The molecule has 0 amide bonds. The second kappa shape index (κ2) is 4.72. The van der Waals surface area contributed by atoms with Gasteiger partial charge in [-0.2, -0.15) is 0 Å². The summed E-state index contributed by atoms with van der Waals surface area (Å²) in [5.41, 5.74) is 1.000. The van der Waals surface area contributed by atoms with E-state index in [4.69, 9.17) is 4.74 Å². The molecule has 0 fully saturated rings. The van der Waals surface area contributed by atoms with Gasteiger partial charge in [0, 0.05) is 5.56 Å². The lowest BCUT2D eigenvalue weighted by Crippen LogP contribution is -2.01. The number of ether oxygens (including phenoxy) is 1. The summed E-state index contributed by atoms with van der Waals surface area (Å²) >= 11 is 1.22. The van der Waals surface area contributed by atoms with Crippen molar-refractivity contribution in [1.82, 2.24) is 0 Å². The van der Waals surface area contributed by atoms with Crippen molar-refractivity contribution in [3.8, 4) is 5.06 Å². The highest BCUT2D eigenvalue weighted by atomic mass is 32.1. The third-order valence-electron chi connectivity index (χ3n) is 2.07. The van der Waals surface area contributed by atoms with E-state index in [1.54, 1.807) is 35.7 Å². The fourth-order valence-electron chi connectivity index (χ4n) is 1.34. The molecule has 0 aliphatic carbocycles. The first-order valence-electron chi connectivity index (χ1n) is 4.60. The van der Waals surface area contributed by atoms with Crippen molar-refractivity contribution < 1.29 is 14.3 Å². The molecular weight excluding hydrogens is 224 g/mol. The lowest BCUT2D eigenvalue weighted by Gasteiger charge is -2.00. The van der Waals surface area contributed by atoms with Gasteiger partial charge >= 0.3 is 0 Å². The zero-order chi connectivity index (χ0) is 11.4. The van der Waals surface area contributed by atoms with Gasteiger partial charge in [-0.1, -0.05) is 30.3 Å². The Hall–Kier alpha value is -1.94. The largest absolute Gasteiger partial charge is 0.417 e. The lowest BCUT2D eigenvalue weighted by molar-refractivity contribution is -0.120. The Morgan fingerprint density at radius 3 is 2.62 bits per heavy atom. The van der Waals surface area contributed by atoms with E-state index >= 15 is 0 Å². The summed E-state index contributed by atoms with van der Waals surface area (Å²) in [6.07, 6.45) is 0. The third-order valence-corrected chi connectivity index (χ3v) is 2.87. The molecule has 0 bridgehead atoms. The van der Waals surface area contributed by atoms with Gasteiger partial charge in [-0.3, -0.25) is 9.59 Å². The van der Waals surface area contributed by atoms with Crippen molar-refractivity contribution in [3.05, 3.63) is 52.9 Å². The van der Waals surface area contributed by atoms with Crippen LogP contribution in [0.2, 0.25) is 0 Å². The highest BCUT2D eigenvalue weighted by molar-refractivity contribution is 7.12. The first kappa shape index (κ1) is 10.6. The summed E-state index contributed by atoms with van der Waals surface area (Å²) in [5, 5.41) is 2.05. The van der Waals surface area contributed by atoms with Crippen LogP contribution >= 0.6 is 11.3 Å². The molecule has 0 unspecified atom stereocenters. The van der Waals surface area contributed by atoms with Crippen molar-refractivity contribution in [1.29, 1.82) is 0 Å². The Morgan fingerprint density at radius 1 is 1.19 bits per heavy atom. The molecular formula is C12H8O3S. The number of hydrogen-bond donors (Lipinski definition) is 0. The lowest BCUT2D eigenvalue weighted by atomic mass is 10.1. The maximum atomic E-state index is 12.0. The SMILES string of the molecule is O=COc1sccc1C(=O)c1ccccc1. The molecule has 0 radical (unpaired) electrons. The van der Waals surface area contributed by atoms with Crippen molar-refractivity contribution >= 4 is 23.6 Å². The number of carbonyl (C=O) groups excluding carboxylic acids is 2. The number of thiophene rings is 1. The van der Waals surface area contributed by atoms with Crippen LogP contribution in [0.1, 0.15) is 15.9 Å². The molecule has 1 aromatic heterocycles. The first-order chi connectivity index (χ1) is 7.83. The van der Waals surface area contributed by atoms with E-state index in [0.29, 0.717) is 22.7 Å². The van der Waals surface area contributed by atoms with Crippen LogP contribution in [0, 0.1) is 0 Å². The maximum absolute atomic E-state index is 12.0. The molecule has 0 spiro atoms. The van der Waals surface area contributed by atoms with Gasteiger partial charge in [0.2, 0.25) is 0 Å². The van der Waals surface area contributed by atoms with Crippen molar-refractivity contribution in [3.63, 3.8) is 0 Å². The Kier molecular flexibility index (Phi) is 3.12. The number of ketones is 1. The summed E-state index contributed by atoms with van der Waals surface area (Å²) < 4.78 is 4.74. The van der Waals surface area contributed by atoms with Gasteiger partial charge in [-0.15, -0.1) is 11.3 Å². The van der Waals surface area contributed by atoms with Crippen LogP contribution in [0.15, 0.2) is 41.8 Å². The van der Waals surface area contributed by atoms with Crippen LogP contribution in [0.4, 0.5) is 0 Å². The highest BCUT2D eigenvalue weighted by Crippen LogP contribution is 2.27. The zero-order valence-corrected chi connectivity index (χ0v) is 9.07. The van der Waals surface area contributed by atoms with Gasteiger partial charge in [0.15, 0.2) is 10.8 Å². The van der Waals surface area contributed by atoms with Gasteiger partial charge in [-0.05, 0) is 11.4 Å². The molecule has 0 atom stereocenters. The Labute approximate surface area is 96.3 Å². The van der Waals surface area contributed by atoms with E-state index in [-0.39, 0.29) is 5.78 Å². The maximum Gasteiger partial charge on any atom is 0.299 e. The van der Waals surface area contributed by atoms with E-state index in [9.17, 15) is 9.59 Å². The molecule has 0 N–H and O–H groups in total. The van der Waals surface area contributed by atoms with Crippen LogP contribution in [-0.4, -0.2) is 12.3 Å². The summed E-state index contributed by atoms with van der Waals surface area (Å²) in [6.45, 7) is 0.327. The smallest absolute Gasteiger partial charge is 0.299 e. The normalized spacial score (nSPS) is 9.75. The summed E-state index contributed by atoms with van der Waals surface area (Å²) in [4.78, 5) is 22.3.